The van der Waals surface area contributed by atoms with E-state index in [1.165, 1.54) is 6.42 Å². The van der Waals surface area contributed by atoms with Gasteiger partial charge in [-0.1, -0.05) is 26.7 Å². The maximum atomic E-state index is 6.80. The third-order valence-electron chi connectivity index (χ3n) is 0.958. The Morgan fingerprint density at radius 1 is 1.38 bits per heavy atom. The van der Waals surface area contributed by atoms with Crippen molar-refractivity contribution in [2.24, 2.45) is 5.92 Å². The van der Waals surface area contributed by atoms with Gasteiger partial charge in [0.05, 0.1) is 0 Å². The van der Waals surface area contributed by atoms with Gasteiger partial charge < -0.3 is 5.73 Å². The van der Waals surface area contributed by atoms with Crippen LogP contribution in [0.3, 0.4) is 0 Å². The molecule has 1 radical (unpaired) electrons. The molecule has 0 atom stereocenters. The van der Waals surface area contributed by atoms with Gasteiger partial charge in [0.25, 0.3) is 0 Å². The van der Waals surface area contributed by atoms with Crippen molar-refractivity contribution in [1.29, 1.82) is 0 Å². The third-order valence-corrected chi connectivity index (χ3v) is 0.958. The molecule has 2 heteroatoms. The summed E-state index contributed by atoms with van der Waals surface area (Å²) >= 11 is 0. The van der Waals surface area contributed by atoms with E-state index in [0.29, 0.717) is 6.54 Å². The van der Waals surface area contributed by atoms with E-state index < -0.39 is 0 Å². The van der Waals surface area contributed by atoms with Crippen molar-refractivity contribution >= 4 is 0 Å². The molecule has 0 spiro atoms. The van der Waals surface area contributed by atoms with E-state index in [2.05, 4.69) is 13.8 Å². The maximum Gasteiger partial charge on any atom is 0 e. The van der Waals surface area contributed by atoms with Gasteiger partial charge in [0.1, 0.15) is 0 Å². The second-order valence-electron chi connectivity index (χ2n) is 2.29. The normalized spacial score (nSPS) is 9.00. The average molecular weight is 327 g/mol. The molecule has 0 aromatic rings. The molecule has 0 aromatic heterocycles. The van der Waals surface area contributed by atoms with Crippen molar-refractivity contribution in [2.45, 2.75) is 26.7 Å². The summed E-state index contributed by atoms with van der Waals surface area (Å²) in [5, 5.41) is 0. The molecule has 0 bridgehead atoms. The Kier molecular flexibility index (Phi) is 12.7. The van der Waals surface area contributed by atoms with Gasteiger partial charge in [-0.15, -0.1) is 0 Å². The molecule has 0 aliphatic rings. The Bertz CT molecular complexity index is 37.5. The number of rotatable bonds is 3. The van der Waals surface area contributed by atoms with Gasteiger partial charge in [0, 0.05) is 44.1 Å². The van der Waals surface area contributed by atoms with E-state index in [4.69, 9.17) is 5.73 Å². The van der Waals surface area contributed by atoms with Crippen LogP contribution in [0.4, 0.5) is 0 Å². The summed E-state index contributed by atoms with van der Waals surface area (Å²) in [4.78, 5) is 0. The number of nitrogens with one attached hydrogen (secondary N) is 1. The van der Waals surface area contributed by atoms with Crippen molar-refractivity contribution in [2.75, 3.05) is 6.54 Å². The van der Waals surface area contributed by atoms with Crippen molar-refractivity contribution < 1.29 is 44.1 Å². The summed E-state index contributed by atoms with van der Waals surface area (Å²) in [5.74, 6) is 0.783. The number of hydrogen-bond acceptors (Lipinski definition) is 0. The molecule has 0 aliphatic carbocycles. The molecule has 1 N–H and O–H groups in total. The molecule has 0 aromatic carbocycles. The van der Waals surface area contributed by atoms with Crippen molar-refractivity contribution in [1.82, 2.24) is 0 Å². The van der Waals surface area contributed by atoms with E-state index in [1.807, 2.05) is 0 Å². The van der Waals surface area contributed by atoms with E-state index >= 15 is 0 Å². The fourth-order valence-corrected chi connectivity index (χ4v) is 0.510. The topological polar surface area (TPSA) is 23.8 Å². The Hall–Kier alpha value is 1.40. The monoisotopic (exact) mass is 327 g/mol. The predicted octanol–water partition coefficient (Wildman–Crippen LogP) is 2.47. The van der Waals surface area contributed by atoms with Crippen molar-refractivity contribution in [3.63, 3.8) is 0 Å². The van der Waals surface area contributed by atoms with Crippen LogP contribution in [0.1, 0.15) is 26.7 Å². The zero-order valence-electron chi connectivity index (χ0n) is 5.78. The van der Waals surface area contributed by atoms with E-state index in [0.717, 1.165) is 12.3 Å². The van der Waals surface area contributed by atoms with Crippen LogP contribution < -0.4 is 0 Å². The summed E-state index contributed by atoms with van der Waals surface area (Å²) in [6.45, 7) is 4.98. The van der Waals surface area contributed by atoms with Crippen LogP contribution >= 0.6 is 0 Å². The Labute approximate surface area is 88.0 Å². The standard InChI is InChI=1S/C6H14N.Ac/c1-6(2)4-3-5-7;/h6-7H,3-5H2,1-2H3;/q-1;. The first-order chi connectivity index (χ1) is 3.27. The van der Waals surface area contributed by atoms with E-state index in [9.17, 15) is 0 Å². The minimum absolute atomic E-state index is 0. The van der Waals surface area contributed by atoms with Crippen LogP contribution in [0.25, 0.3) is 5.73 Å². The SMILES string of the molecule is CC(C)CCC[NH-].[Ac]. The maximum absolute atomic E-state index is 6.80. The van der Waals surface area contributed by atoms with Gasteiger partial charge in [-0.05, 0) is 5.92 Å². The molecule has 8 heavy (non-hydrogen) atoms. The first-order valence-corrected chi connectivity index (χ1v) is 2.92. The minimum Gasteiger partial charge on any atom is -0.677 e. The first-order valence-electron chi connectivity index (χ1n) is 2.92. The van der Waals surface area contributed by atoms with E-state index in [-0.39, 0.29) is 44.1 Å². The van der Waals surface area contributed by atoms with Crippen LogP contribution in [-0.4, -0.2) is 6.54 Å². The molecule has 0 saturated carbocycles. The van der Waals surface area contributed by atoms with Gasteiger partial charge >= 0.3 is 0 Å². The molecule has 0 aliphatic heterocycles. The summed E-state index contributed by atoms with van der Waals surface area (Å²) < 4.78 is 0. The van der Waals surface area contributed by atoms with Gasteiger partial charge in [0.15, 0.2) is 0 Å². The van der Waals surface area contributed by atoms with Crippen LogP contribution in [0, 0.1) is 50.0 Å². The summed E-state index contributed by atoms with van der Waals surface area (Å²) in [6, 6.07) is 0. The molecular weight excluding hydrogens is 313 g/mol. The van der Waals surface area contributed by atoms with Crippen molar-refractivity contribution in [3.8, 4) is 0 Å². The summed E-state index contributed by atoms with van der Waals surface area (Å²) in [5.41, 5.74) is 6.80. The third kappa shape index (κ3) is 10.4. The van der Waals surface area contributed by atoms with E-state index in [1.54, 1.807) is 0 Å². The molecule has 0 heterocycles. The molecule has 0 unspecified atom stereocenters. The van der Waals surface area contributed by atoms with Gasteiger partial charge in [-0.2, -0.15) is 6.54 Å². The molecule has 0 amide bonds. The number of hydrogen-bond donors (Lipinski definition) is 0. The molecule has 0 fully saturated rings. The quantitative estimate of drug-likeness (QED) is 0.761. The Balaban J connectivity index is 0. The zero-order valence-corrected chi connectivity index (χ0v) is 10.5. The molecular formula is C6H14AcN-. The van der Waals surface area contributed by atoms with Gasteiger partial charge in [-0.25, -0.2) is 0 Å². The largest absolute Gasteiger partial charge is 0.677 e. The average Bonchev–Trinajstić information content (AvgIpc) is 1.61. The summed E-state index contributed by atoms with van der Waals surface area (Å²) in [7, 11) is 0. The second kappa shape index (κ2) is 8.40. The Morgan fingerprint density at radius 3 is 2.00 bits per heavy atom. The Morgan fingerprint density at radius 2 is 1.88 bits per heavy atom. The fourth-order valence-electron chi connectivity index (χ4n) is 0.510. The zero-order chi connectivity index (χ0) is 5.70. The minimum atomic E-state index is 0. The second-order valence-corrected chi connectivity index (χ2v) is 2.29. The summed E-state index contributed by atoms with van der Waals surface area (Å²) in [6.07, 6.45) is 2.28. The van der Waals surface area contributed by atoms with Gasteiger partial charge in [0.2, 0.25) is 0 Å². The van der Waals surface area contributed by atoms with Crippen LogP contribution in [0.2, 0.25) is 0 Å². The molecule has 1 nitrogen and oxygen atoms in total. The van der Waals surface area contributed by atoms with Crippen LogP contribution in [-0.2, 0) is 0 Å². The smallest absolute Gasteiger partial charge is 0 e. The molecule has 0 rings (SSSR count). The van der Waals surface area contributed by atoms with Crippen LogP contribution in [0.5, 0.6) is 0 Å². The van der Waals surface area contributed by atoms with Crippen LogP contribution in [0.15, 0.2) is 0 Å². The van der Waals surface area contributed by atoms with Crippen molar-refractivity contribution in [3.05, 3.63) is 5.73 Å². The predicted molar refractivity (Wildman–Crippen MR) is 33.3 cm³/mol. The molecule has 0 saturated heterocycles. The van der Waals surface area contributed by atoms with Gasteiger partial charge in [-0.3, -0.25) is 0 Å². The first kappa shape index (κ1) is 12.1. The fraction of sp³-hybridized carbons (Fsp3) is 1.00. The molecule has 47 valence electrons.